The number of benzene rings is 2. The second kappa shape index (κ2) is 11.1. The van der Waals surface area contributed by atoms with Gasteiger partial charge in [0.1, 0.15) is 17.3 Å². The highest BCUT2D eigenvalue weighted by atomic mass is 16.5. The number of nitrogens with zero attached hydrogens (tertiary/aromatic N) is 3. The fraction of sp³-hybridized carbons (Fsp3) is 0.528. The van der Waals surface area contributed by atoms with Crippen LogP contribution in [0.4, 0.5) is 5.69 Å². The van der Waals surface area contributed by atoms with E-state index in [2.05, 4.69) is 81.9 Å². The van der Waals surface area contributed by atoms with Crippen LogP contribution in [0.2, 0.25) is 0 Å². The first-order chi connectivity index (χ1) is 20.4. The molecule has 7 heteroatoms. The van der Waals surface area contributed by atoms with Gasteiger partial charge in [0.2, 0.25) is 0 Å². The van der Waals surface area contributed by atoms with Gasteiger partial charge in [-0.1, -0.05) is 20.3 Å². The van der Waals surface area contributed by atoms with E-state index in [-0.39, 0.29) is 17.0 Å². The molecule has 43 heavy (non-hydrogen) atoms. The van der Waals surface area contributed by atoms with Crippen LogP contribution in [0.15, 0.2) is 41.7 Å². The van der Waals surface area contributed by atoms with Crippen molar-refractivity contribution in [3.63, 3.8) is 0 Å². The van der Waals surface area contributed by atoms with Crippen molar-refractivity contribution in [1.82, 2.24) is 9.55 Å². The second-order valence-corrected chi connectivity index (χ2v) is 14.0. The molecule has 2 aromatic carbocycles. The summed E-state index contributed by atoms with van der Waals surface area (Å²) in [7, 11) is 0. The molecule has 228 valence electrons. The highest BCUT2D eigenvalue weighted by Gasteiger charge is 2.34. The predicted molar refractivity (Wildman–Crippen MR) is 171 cm³/mol. The number of anilines is 1. The summed E-state index contributed by atoms with van der Waals surface area (Å²) in [5.74, 6) is 3.34. The number of unbranched alkanes of at least 4 members (excludes halogenated alkanes) is 2. The monoisotopic (exact) mass is 582 g/mol. The maximum Gasteiger partial charge on any atom is 0.305 e. The zero-order chi connectivity index (χ0) is 30.5. The third-order valence-electron chi connectivity index (χ3n) is 9.14. The first-order valence-corrected chi connectivity index (χ1v) is 16.0. The van der Waals surface area contributed by atoms with Crippen LogP contribution in [0.3, 0.4) is 0 Å². The fourth-order valence-electron chi connectivity index (χ4n) is 7.46. The Kier molecular flexibility index (Phi) is 7.64. The van der Waals surface area contributed by atoms with Crippen LogP contribution < -0.4 is 20.6 Å². The fourth-order valence-corrected chi connectivity index (χ4v) is 7.46. The van der Waals surface area contributed by atoms with E-state index in [4.69, 9.17) is 19.5 Å². The quantitative estimate of drug-likeness (QED) is 0.179. The molecular weight excluding hydrogens is 536 g/mol. The smallest absolute Gasteiger partial charge is 0.305 e. The van der Waals surface area contributed by atoms with Crippen molar-refractivity contribution in [3.8, 4) is 11.5 Å². The zero-order valence-corrected chi connectivity index (χ0v) is 26.8. The molecule has 3 aliphatic rings. The summed E-state index contributed by atoms with van der Waals surface area (Å²) in [6, 6.07) is 8.99. The largest absolute Gasteiger partial charge is 0.466 e. The Labute approximate surface area is 255 Å². The van der Waals surface area contributed by atoms with Gasteiger partial charge in [-0.15, -0.1) is 0 Å². The predicted octanol–water partition coefficient (Wildman–Crippen LogP) is 6.96. The third-order valence-corrected chi connectivity index (χ3v) is 9.14. The first-order valence-electron chi connectivity index (χ1n) is 16.0. The molecule has 2 atom stereocenters. The van der Waals surface area contributed by atoms with Gasteiger partial charge in [-0.05, 0) is 95.4 Å². The van der Waals surface area contributed by atoms with Crippen molar-refractivity contribution in [1.29, 1.82) is 0 Å². The molecule has 0 saturated heterocycles. The Morgan fingerprint density at radius 3 is 2.60 bits per heavy atom. The van der Waals surface area contributed by atoms with Gasteiger partial charge in [0.25, 0.3) is 0 Å². The maximum atomic E-state index is 11.8. The molecule has 4 heterocycles. The van der Waals surface area contributed by atoms with Gasteiger partial charge in [-0.3, -0.25) is 9.79 Å². The summed E-state index contributed by atoms with van der Waals surface area (Å²) < 4.78 is 14.1. The van der Waals surface area contributed by atoms with Crippen LogP contribution in [0.5, 0.6) is 11.5 Å². The summed E-state index contributed by atoms with van der Waals surface area (Å²) in [4.78, 5) is 21.9. The Morgan fingerprint density at radius 2 is 1.81 bits per heavy atom. The molecule has 2 unspecified atom stereocenters. The molecular formula is C36H46N4O3. The molecule has 0 aliphatic carbocycles. The van der Waals surface area contributed by atoms with Crippen LogP contribution in [0.1, 0.15) is 121 Å². The van der Waals surface area contributed by atoms with Gasteiger partial charge in [0.05, 0.1) is 17.5 Å². The van der Waals surface area contributed by atoms with Gasteiger partial charge in [-0.25, -0.2) is 4.98 Å². The number of ether oxygens (including phenoxy) is 2. The number of aryl methyl sites for hydroxylation is 1. The normalized spacial score (nSPS) is 20.9. The van der Waals surface area contributed by atoms with E-state index >= 15 is 0 Å². The van der Waals surface area contributed by atoms with Crippen LogP contribution in [-0.4, -0.2) is 33.2 Å². The maximum absolute atomic E-state index is 11.8. The zero-order valence-electron chi connectivity index (χ0n) is 26.8. The number of rotatable bonds is 8. The average molecular weight is 583 g/mol. The van der Waals surface area contributed by atoms with Gasteiger partial charge in [0, 0.05) is 65.1 Å². The lowest BCUT2D eigenvalue weighted by Gasteiger charge is -2.38. The lowest BCUT2D eigenvalue weighted by atomic mass is 9.80. The topological polar surface area (TPSA) is 77.7 Å². The molecule has 1 N–H and O–H groups in total. The van der Waals surface area contributed by atoms with Crippen molar-refractivity contribution < 1.29 is 14.3 Å². The van der Waals surface area contributed by atoms with E-state index < -0.39 is 0 Å². The van der Waals surface area contributed by atoms with E-state index in [1.807, 2.05) is 13.1 Å². The molecule has 7 nitrogen and oxygen atoms in total. The number of fused-ring (bicyclic) bond motifs is 4. The number of aromatic nitrogens is 2. The number of imidazole rings is 1. The van der Waals surface area contributed by atoms with Gasteiger partial charge in [-0.2, -0.15) is 0 Å². The second-order valence-electron chi connectivity index (χ2n) is 14.0. The summed E-state index contributed by atoms with van der Waals surface area (Å²) in [5, 5.41) is 5.87. The average Bonchev–Trinajstić information content (AvgIpc) is 3.37. The first kappa shape index (κ1) is 29.5. The number of carbonyl (C=O) groups is 1. The molecule has 1 aromatic heterocycles. The van der Waals surface area contributed by atoms with E-state index in [1.165, 1.54) is 11.1 Å². The minimum Gasteiger partial charge on any atom is -0.466 e. The number of hydrogen-bond donors (Lipinski definition) is 1. The number of nitrogens with one attached hydrogen (secondary N) is 1. The van der Waals surface area contributed by atoms with Crippen molar-refractivity contribution in [2.45, 2.75) is 116 Å². The Bertz CT molecular complexity index is 1680. The SMILES string of the molecule is CCOC(=O)CCCCCn1ccnc1C1=c2cc3c(cc2Oc2cc4c(cc21)C(C)CC(C)(C)N4)=NC(C)(C)CC3C. The van der Waals surface area contributed by atoms with E-state index in [0.717, 1.165) is 83.4 Å². The highest BCUT2D eigenvalue weighted by Crippen LogP contribution is 2.46. The van der Waals surface area contributed by atoms with Crippen molar-refractivity contribution in [3.05, 3.63) is 69.7 Å². The summed E-state index contributed by atoms with van der Waals surface area (Å²) in [6.45, 7) is 16.7. The summed E-state index contributed by atoms with van der Waals surface area (Å²) in [5.41, 5.74) is 5.86. The lowest BCUT2D eigenvalue weighted by Crippen LogP contribution is -2.37. The van der Waals surface area contributed by atoms with E-state index in [0.29, 0.717) is 24.9 Å². The summed E-state index contributed by atoms with van der Waals surface area (Å²) >= 11 is 0. The van der Waals surface area contributed by atoms with Crippen molar-refractivity contribution in [2.75, 3.05) is 11.9 Å². The molecule has 0 bridgehead atoms. The molecule has 6 rings (SSSR count). The number of esters is 1. The number of hydrogen-bond acceptors (Lipinski definition) is 6. The van der Waals surface area contributed by atoms with Crippen LogP contribution in [0.25, 0.3) is 5.57 Å². The van der Waals surface area contributed by atoms with Crippen LogP contribution >= 0.6 is 0 Å². The van der Waals surface area contributed by atoms with Gasteiger partial charge >= 0.3 is 5.97 Å². The van der Waals surface area contributed by atoms with E-state index in [9.17, 15) is 4.79 Å². The van der Waals surface area contributed by atoms with E-state index in [1.54, 1.807) is 0 Å². The molecule has 3 aromatic rings. The van der Waals surface area contributed by atoms with Crippen molar-refractivity contribution >= 4 is 17.2 Å². The van der Waals surface area contributed by atoms with Gasteiger partial charge in [0.15, 0.2) is 0 Å². The molecule has 0 saturated carbocycles. The van der Waals surface area contributed by atoms with Gasteiger partial charge < -0.3 is 19.4 Å². The summed E-state index contributed by atoms with van der Waals surface area (Å²) in [6.07, 6.45) is 9.27. The minimum absolute atomic E-state index is 0.0168. The molecule has 0 radical (unpaired) electrons. The van der Waals surface area contributed by atoms with Crippen molar-refractivity contribution in [2.24, 2.45) is 4.99 Å². The molecule has 3 aliphatic heterocycles. The number of carbonyl (C=O) groups excluding carboxylic acids is 1. The van der Waals surface area contributed by atoms with Crippen LogP contribution in [0, 0.1) is 0 Å². The third kappa shape index (κ3) is 5.83. The molecule has 0 spiro atoms. The lowest BCUT2D eigenvalue weighted by molar-refractivity contribution is -0.143. The van der Waals surface area contributed by atoms with Crippen LogP contribution in [-0.2, 0) is 16.1 Å². The Hall–Kier alpha value is -3.61. The Morgan fingerprint density at radius 1 is 1.02 bits per heavy atom. The molecule has 0 fully saturated rings. The molecule has 0 amide bonds. The standard InChI is InChI=1S/C36H46N4O3/c1-8-42-32(41)12-10-9-11-14-40-15-13-37-34(40)33-26-16-24-22(2)20-35(4,5)38-28(24)18-30(26)43-31-19-29-25(17-27(31)33)23(3)21-36(6,7)39-29/h13,15-19,22-23,38H,8-12,14,20-21H2,1-7H3. The highest BCUT2D eigenvalue weighted by molar-refractivity contribution is 5.85. The Balaban J connectivity index is 1.46. The minimum atomic E-state index is -0.111.